The molecule has 1 aliphatic rings. The van der Waals surface area contributed by atoms with Crippen LogP contribution in [0.4, 0.5) is 0 Å². The molecule has 2 aromatic heterocycles. The van der Waals surface area contributed by atoms with Crippen LogP contribution in [0.25, 0.3) is 22.2 Å². The molecule has 1 saturated carbocycles. The summed E-state index contributed by atoms with van der Waals surface area (Å²) in [6, 6.07) is 10.4. The third kappa shape index (κ3) is 2.00. The SMILES string of the molecule is N#Cc1n[nH]nc1-c1ccc2ccn(CC3CCC3)c2c1. The van der Waals surface area contributed by atoms with Crippen LogP contribution in [0, 0.1) is 17.2 Å². The van der Waals surface area contributed by atoms with Gasteiger partial charge in [-0.3, -0.25) is 0 Å². The number of H-pyrrole nitrogens is 1. The molecule has 0 amide bonds. The monoisotopic (exact) mass is 277 g/mol. The van der Waals surface area contributed by atoms with E-state index in [2.05, 4.69) is 50.4 Å². The van der Waals surface area contributed by atoms with Crippen molar-refractivity contribution in [1.29, 1.82) is 5.26 Å². The van der Waals surface area contributed by atoms with Gasteiger partial charge in [0, 0.05) is 23.8 Å². The van der Waals surface area contributed by atoms with Crippen molar-refractivity contribution in [3.63, 3.8) is 0 Å². The third-order valence-electron chi connectivity index (χ3n) is 4.38. The number of fused-ring (bicyclic) bond motifs is 1. The molecule has 0 saturated heterocycles. The average molecular weight is 277 g/mol. The Bertz CT molecular complexity index is 832. The van der Waals surface area contributed by atoms with Gasteiger partial charge in [-0.25, -0.2) is 0 Å². The lowest BCUT2D eigenvalue weighted by Crippen LogP contribution is -2.17. The van der Waals surface area contributed by atoms with E-state index in [4.69, 9.17) is 5.26 Å². The highest BCUT2D eigenvalue weighted by Crippen LogP contribution is 2.31. The summed E-state index contributed by atoms with van der Waals surface area (Å²) in [4.78, 5) is 0. The van der Waals surface area contributed by atoms with Crippen molar-refractivity contribution < 1.29 is 0 Å². The smallest absolute Gasteiger partial charge is 0.190 e. The van der Waals surface area contributed by atoms with Crippen LogP contribution in [-0.2, 0) is 6.54 Å². The first-order valence-electron chi connectivity index (χ1n) is 7.25. The van der Waals surface area contributed by atoms with E-state index in [-0.39, 0.29) is 0 Å². The number of nitrogens with zero attached hydrogens (tertiary/aromatic N) is 4. The fraction of sp³-hybridized carbons (Fsp3) is 0.312. The molecule has 1 fully saturated rings. The number of nitriles is 1. The maximum Gasteiger partial charge on any atom is 0.190 e. The van der Waals surface area contributed by atoms with E-state index < -0.39 is 0 Å². The molecule has 2 heterocycles. The Morgan fingerprint density at radius 3 is 2.95 bits per heavy atom. The van der Waals surface area contributed by atoms with Crippen LogP contribution in [0.2, 0.25) is 0 Å². The Hall–Kier alpha value is -2.61. The van der Waals surface area contributed by atoms with Crippen molar-refractivity contribution in [2.45, 2.75) is 25.8 Å². The minimum Gasteiger partial charge on any atom is -0.347 e. The summed E-state index contributed by atoms with van der Waals surface area (Å²) in [5, 5.41) is 20.8. The summed E-state index contributed by atoms with van der Waals surface area (Å²) in [5.41, 5.74) is 3.09. The van der Waals surface area contributed by atoms with Crippen LogP contribution in [0.5, 0.6) is 0 Å². The number of rotatable bonds is 3. The summed E-state index contributed by atoms with van der Waals surface area (Å²) in [6.45, 7) is 1.08. The number of benzene rings is 1. The minimum atomic E-state index is 0.339. The van der Waals surface area contributed by atoms with Crippen molar-refractivity contribution in [1.82, 2.24) is 20.0 Å². The first-order chi connectivity index (χ1) is 10.3. The lowest BCUT2D eigenvalue weighted by molar-refractivity contribution is 0.280. The van der Waals surface area contributed by atoms with Gasteiger partial charge in [-0.15, -0.1) is 5.10 Å². The molecule has 1 aliphatic carbocycles. The Kier molecular flexibility index (Phi) is 2.74. The fourth-order valence-electron chi connectivity index (χ4n) is 2.95. The van der Waals surface area contributed by atoms with Gasteiger partial charge in [0.1, 0.15) is 11.8 Å². The van der Waals surface area contributed by atoms with Gasteiger partial charge in [-0.05, 0) is 36.3 Å². The fourth-order valence-corrected chi connectivity index (χ4v) is 2.95. The maximum atomic E-state index is 9.08. The Morgan fingerprint density at radius 2 is 2.19 bits per heavy atom. The predicted molar refractivity (Wildman–Crippen MR) is 79.4 cm³/mol. The molecule has 0 unspecified atom stereocenters. The topological polar surface area (TPSA) is 70.3 Å². The summed E-state index contributed by atoms with van der Waals surface area (Å²) in [5.74, 6) is 0.811. The Morgan fingerprint density at radius 1 is 1.29 bits per heavy atom. The average Bonchev–Trinajstić information content (AvgIpc) is 3.09. The van der Waals surface area contributed by atoms with Gasteiger partial charge in [0.25, 0.3) is 0 Å². The molecule has 5 heteroatoms. The molecular formula is C16H15N5. The lowest BCUT2D eigenvalue weighted by atomic mass is 9.85. The van der Waals surface area contributed by atoms with Gasteiger partial charge in [0.05, 0.1) is 0 Å². The second-order valence-electron chi connectivity index (χ2n) is 5.67. The second kappa shape index (κ2) is 4.74. The highest BCUT2D eigenvalue weighted by atomic mass is 15.3. The number of aromatic amines is 1. The van der Waals surface area contributed by atoms with E-state index in [0.29, 0.717) is 11.4 Å². The van der Waals surface area contributed by atoms with E-state index in [1.54, 1.807) is 0 Å². The van der Waals surface area contributed by atoms with Crippen LogP contribution in [-0.4, -0.2) is 20.0 Å². The molecule has 1 aromatic carbocycles. The number of aromatic nitrogens is 4. The largest absolute Gasteiger partial charge is 0.347 e. The van der Waals surface area contributed by atoms with Gasteiger partial charge in [-0.2, -0.15) is 15.6 Å². The molecular weight excluding hydrogens is 262 g/mol. The van der Waals surface area contributed by atoms with Crippen LogP contribution in [0.1, 0.15) is 25.0 Å². The highest BCUT2D eigenvalue weighted by Gasteiger charge is 2.18. The van der Waals surface area contributed by atoms with E-state index in [1.807, 2.05) is 6.07 Å². The van der Waals surface area contributed by atoms with Crippen molar-refractivity contribution in [3.8, 4) is 17.3 Å². The number of hydrogen-bond donors (Lipinski definition) is 1. The van der Waals surface area contributed by atoms with Crippen molar-refractivity contribution in [2.24, 2.45) is 5.92 Å². The second-order valence-corrected chi connectivity index (χ2v) is 5.67. The summed E-state index contributed by atoms with van der Waals surface area (Å²) in [6.07, 6.45) is 6.18. The van der Waals surface area contributed by atoms with Crippen LogP contribution >= 0.6 is 0 Å². The molecule has 21 heavy (non-hydrogen) atoms. The predicted octanol–water partition coefficient (Wildman–Crippen LogP) is 3.10. The maximum absolute atomic E-state index is 9.08. The van der Waals surface area contributed by atoms with Crippen molar-refractivity contribution >= 4 is 10.9 Å². The van der Waals surface area contributed by atoms with Gasteiger partial charge in [0.2, 0.25) is 0 Å². The first-order valence-corrected chi connectivity index (χ1v) is 7.25. The molecule has 0 bridgehead atoms. The molecule has 0 aliphatic heterocycles. The van der Waals surface area contributed by atoms with E-state index in [1.165, 1.54) is 30.2 Å². The van der Waals surface area contributed by atoms with Crippen molar-refractivity contribution in [3.05, 3.63) is 36.2 Å². The molecule has 5 nitrogen and oxygen atoms in total. The Labute approximate surface area is 122 Å². The van der Waals surface area contributed by atoms with Crippen molar-refractivity contribution in [2.75, 3.05) is 0 Å². The molecule has 0 radical (unpaired) electrons. The van der Waals surface area contributed by atoms with Gasteiger partial charge < -0.3 is 4.57 Å². The molecule has 3 aromatic rings. The zero-order chi connectivity index (χ0) is 14.2. The van der Waals surface area contributed by atoms with E-state index >= 15 is 0 Å². The molecule has 0 atom stereocenters. The van der Waals surface area contributed by atoms with E-state index in [0.717, 1.165) is 18.0 Å². The molecule has 1 N–H and O–H groups in total. The van der Waals surface area contributed by atoms with Crippen LogP contribution in [0.15, 0.2) is 30.5 Å². The Balaban J connectivity index is 1.77. The number of nitrogens with one attached hydrogen (secondary N) is 1. The first kappa shape index (κ1) is 12.2. The number of hydrogen-bond acceptors (Lipinski definition) is 3. The van der Waals surface area contributed by atoms with Crippen LogP contribution in [0.3, 0.4) is 0 Å². The normalized spacial score (nSPS) is 15.0. The summed E-state index contributed by atoms with van der Waals surface area (Å²) in [7, 11) is 0. The zero-order valence-corrected chi connectivity index (χ0v) is 11.6. The molecule has 4 rings (SSSR count). The standard InChI is InChI=1S/C16H15N5/c17-9-14-16(19-20-18-14)13-5-4-12-6-7-21(15(12)8-13)10-11-2-1-3-11/h4-8,11H,1-3,10H2,(H,18,19,20). The molecule has 0 spiro atoms. The van der Waals surface area contributed by atoms with Gasteiger partial charge in [0.15, 0.2) is 5.69 Å². The third-order valence-corrected chi connectivity index (χ3v) is 4.38. The van der Waals surface area contributed by atoms with Gasteiger partial charge >= 0.3 is 0 Å². The van der Waals surface area contributed by atoms with E-state index in [9.17, 15) is 0 Å². The minimum absolute atomic E-state index is 0.339. The quantitative estimate of drug-likeness (QED) is 0.799. The zero-order valence-electron chi connectivity index (χ0n) is 11.6. The highest BCUT2D eigenvalue weighted by molar-refractivity contribution is 5.85. The van der Waals surface area contributed by atoms with Gasteiger partial charge in [-0.1, -0.05) is 18.6 Å². The summed E-state index contributed by atoms with van der Waals surface area (Å²) >= 11 is 0. The summed E-state index contributed by atoms with van der Waals surface area (Å²) < 4.78 is 2.31. The van der Waals surface area contributed by atoms with Crippen LogP contribution < -0.4 is 0 Å². The molecule has 104 valence electrons. The lowest BCUT2D eigenvalue weighted by Gasteiger charge is -2.26.